The Morgan fingerprint density at radius 1 is 0.688 bits per heavy atom. The summed E-state index contributed by atoms with van der Waals surface area (Å²) in [5.74, 6) is -0.460. The Bertz CT molecular complexity index is 1560. The molecule has 0 spiro atoms. The number of hydrogen-bond donors (Lipinski definition) is 1. The van der Waals surface area contributed by atoms with Crippen molar-refractivity contribution >= 4 is 18.0 Å². The molecule has 48 heavy (non-hydrogen) atoms. The van der Waals surface area contributed by atoms with E-state index in [9.17, 15) is 14.4 Å². The van der Waals surface area contributed by atoms with E-state index in [1.54, 1.807) is 4.90 Å². The average molecular weight is 655 g/mol. The summed E-state index contributed by atoms with van der Waals surface area (Å²) in [5.41, 5.74) is 4.25. The molecule has 254 valence electrons. The molecule has 2 amide bonds. The quantitative estimate of drug-likeness (QED) is 0.0942. The summed E-state index contributed by atoms with van der Waals surface area (Å²) in [5, 5.41) is 20.0. The number of carbonyl (C=O) groups excluding carboxylic acids is 3. The van der Waals surface area contributed by atoms with Gasteiger partial charge in [0, 0.05) is 44.4 Å². The first-order valence-electron chi connectivity index (χ1n) is 17.1. The van der Waals surface area contributed by atoms with Crippen molar-refractivity contribution in [1.29, 1.82) is 0 Å². The molecule has 0 unspecified atom stereocenters. The minimum Gasteiger partial charge on any atom is -0.376 e. The lowest BCUT2D eigenvalue weighted by atomic mass is 10.0. The molecule has 0 saturated carbocycles. The summed E-state index contributed by atoms with van der Waals surface area (Å²) < 4.78 is 8.78. The number of nitrogens with one attached hydrogen (secondary N) is 1. The highest BCUT2D eigenvalue weighted by molar-refractivity contribution is 5.84. The van der Waals surface area contributed by atoms with E-state index >= 15 is 0 Å². The topological polar surface area (TPSA) is 137 Å². The van der Waals surface area contributed by atoms with E-state index < -0.39 is 12.1 Å². The van der Waals surface area contributed by atoms with E-state index in [4.69, 9.17) is 4.74 Å². The zero-order chi connectivity index (χ0) is 33.4. The molecule has 1 aliphatic heterocycles. The molecule has 12 heteroatoms. The Morgan fingerprint density at radius 3 is 1.75 bits per heavy atom. The third kappa shape index (κ3) is 11.7. The van der Waals surface area contributed by atoms with Gasteiger partial charge in [0.05, 0.1) is 24.5 Å². The second kappa shape index (κ2) is 18.5. The van der Waals surface area contributed by atoms with Crippen LogP contribution in [0.4, 0.5) is 4.79 Å². The largest absolute Gasteiger partial charge is 0.417 e. The Labute approximate surface area is 281 Å². The molecule has 0 bridgehead atoms. The van der Waals surface area contributed by atoms with Gasteiger partial charge < -0.3 is 15.0 Å². The van der Waals surface area contributed by atoms with Crippen LogP contribution in [0.3, 0.4) is 0 Å². The first kappa shape index (κ1) is 34.5. The van der Waals surface area contributed by atoms with Crippen molar-refractivity contribution in [3.8, 4) is 0 Å². The standard InChI is InChI=1S/C36H46N8O4/c45-34(19-11-3-9-17-32-27-43(40-38-32)25-29-13-5-1-6-14-29)37-31-21-23-42(24-22-31)36(47)48-35(46)20-12-4-10-18-33-28-44(41-39-33)26-30-15-7-2-8-16-30/h1-2,5-8,13-16,27-28,31H,3-4,9-12,17-26H2,(H,37,45). The molecular weight excluding hydrogens is 608 g/mol. The van der Waals surface area contributed by atoms with E-state index in [-0.39, 0.29) is 18.4 Å². The van der Waals surface area contributed by atoms with Crippen LogP contribution in [-0.2, 0) is 40.3 Å². The number of amides is 2. The summed E-state index contributed by atoms with van der Waals surface area (Å²) in [6.45, 7) is 2.29. The van der Waals surface area contributed by atoms with Gasteiger partial charge in [-0.3, -0.25) is 9.59 Å². The zero-order valence-electron chi connectivity index (χ0n) is 27.6. The normalized spacial score (nSPS) is 13.4. The molecular formula is C36H46N8O4. The van der Waals surface area contributed by atoms with Crippen molar-refractivity contribution in [3.05, 3.63) is 95.6 Å². The average Bonchev–Trinajstić information content (AvgIpc) is 3.74. The fourth-order valence-electron chi connectivity index (χ4n) is 5.84. The number of rotatable bonds is 17. The van der Waals surface area contributed by atoms with E-state index in [0.717, 1.165) is 56.3 Å². The third-order valence-corrected chi connectivity index (χ3v) is 8.52. The molecule has 3 heterocycles. The van der Waals surface area contributed by atoms with Crippen LogP contribution in [0.5, 0.6) is 0 Å². The lowest BCUT2D eigenvalue weighted by Crippen LogP contribution is -2.47. The molecule has 12 nitrogen and oxygen atoms in total. The molecule has 1 aliphatic rings. The second-order valence-corrected chi connectivity index (χ2v) is 12.5. The molecule has 0 radical (unpaired) electrons. The van der Waals surface area contributed by atoms with E-state index in [1.807, 2.05) is 58.2 Å². The Kier molecular flexibility index (Phi) is 13.3. The number of carbonyl (C=O) groups is 3. The smallest absolute Gasteiger partial charge is 0.376 e. The van der Waals surface area contributed by atoms with Crippen LogP contribution in [-0.4, -0.2) is 72.0 Å². The van der Waals surface area contributed by atoms with Gasteiger partial charge in [0.25, 0.3) is 0 Å². The fourth-order valence-corrected chi connectivity index (χ4v) is 5.84. The van der Waals surface area contributed by atoms with Gasteiger partial charge in [-0.2, -0.15) is 0 Å². The van der Waals surface area contributed by atoms with Gasteiger partial charge in [-0.25, -0.2) is 14.2 Å². The number of nitrogens with zero attached hydrogens (tertiary/aromatic N) is 7. The zero-order valence-corrected chi connectivity index (χ0v) is 27.6. The molecule has 2 aromatic carbocycles. The molecule has 1 fully saturated rings. The number of aromatic nitrogens is 6. The summed E-state index contributed by atoms with van der Waals surface area (Å²) in [4.78, 5) is 38.8. The van der Waals surface area contributed by atoms with Gasteiger partial charge in [0.15, 0.2) is 0 Å². The Balaban J connectivity index is 0.862. The lowest BCUT2D eigenvalue weighted by Gasteiger charge is -2.31. The molecule has 4 aromatic rings. The summed E-state index contributed by atoms with van der Waals surface area (Å²) in [6, 6.07) is 20.3. The first-order chi connectivity index (χ1) is 23.5. The van der Waals surface area contributed by atoms with Crippen molar-refractivity contribution in [2.24, 2.45) is 0 Å². The number of hydrogen-bond acceptors (Lipinski definition) is 8. The van der Waals surface area contributed by atoms with Crippen molar-refractivity contribution in [3.63, 3.8) is 0 Å². The van der Waals surface area contributed by atoms with E-state index in [1.165, 1.54) is 11.1 Å². The highest BCUT2D eigenvalue weighted by atomic mass is 16.6. The minimum absolute atomic E-state index is 0.0249. The molecule has 1 N–H and O–H groups in total. The molecule has 0 aliphatic carbocycles. The highest BCUT2D eigenvalue weighted by Crippen LogP contribution is 2.14. The molecule has 0 atom stereocenters. The number of benzene rings is 2. The van der Waals surface area contributed by atoms with Crippen LogP contribution >= 0.6 is 0 Å². The minimum atomic E-state index is -0.597. The van der Waals surface area contributed by atoms with Gasteiger partial charge in [0.2, 0.25) is 5.91 Å². The van der Waals surface area contributed by atoms with Gasteiger partial charge in [-0.15, -0.1) is 10.2 Å². The van der Waals surface area contributed by atoms with Crippen LogP contribution in [0.15, 0.2) is 73.1 Å². The van der Waals surface area contributed by atoms with E-state index in [0.29, 0.717) is 51.9 Å². The van der Waals surface area contributed by atoms with Crippen LogP contribution in [0.2, 0.25) is 0 Å². The van der Waals surface area contributed by atoms with Gasteiger partial charge in [-0.05, 0) is 62.5 Å². The van der Waals surface area contributed by atoms with Crippen LogP contribution in [0.1, 0.15) is 86.7 Å². The summed E-state index contributed by atoms with van der Waals surface area (Å²) in [7, 11) is 0. The van der Waals surface area contributed by atoms with Crippen molar-refractivity contribution in [1.82, 2.24) is 40.2 Å². The number of piperidine rings is 1. The Hall–Kier alpha value is -4.87. The number of ether oxygens (including phenoxy) is 1. The Morgan fingerprint density at radius 2 is 1.21 bits per heavy atom. The number of likely N-dealkylation sites (tertiary alicyclic amines) is 1. The fraction of sp³-hybridized carbons (Fsp3) is 0.472. The maximum Gasteiger partial charge on any atom is 0.417 e. The van der Waals surface area contributed by atoms with Crippen LogP contribution in [0, 0.1) is 0 Å². The predicted octanol–water partition coefficient (Wildman–Crippen LogP) is 5.12. The van der Waals surface area contributed by atoms with Crippen molar-refractivity contribution < 1.29 is 19.1 Å². The predicted molar refractivity (Wildman–Crippen MR) is 180 cm³/mol. The van der Waals surface area contributed by atoms with Gasteiger partial charge >= 0.3 is 12.1 Å². The number of unbranched alkanes of at least 4 members (excludes halogenated alkanes) is 4. The first-order valence-corrected chi connectivity index (χ1v) is 17.1. The SMILES string of the molecule is O=C(CCCCCc1cn(Cc2ccccc2)nn1)NC1CCN(C(=O)OC(=O)CCCCCc2cn(Cc3ccccc3)nn2)CC1. The highest BCUT2D eigenvalue weighted by Gasteiger charge is 2.26. The lowest BCUT2D eigenvalue weighted by molar-refractivity contribution is -0.138. The van der Waals surface area contributed by atoms with Gasteiger partial charge in [0.1, 0.15) is 0 Å². The van der Waals surface area contributed by atoms with E-state index in [2.05, 4.69) is 50.2 Å². The number of aryl methyl sites for hydroxylation is 2. The maximum atomic E-state index is 12.5. The summed E-state index contributed by atoms with van der Waals surface area (Å²) in [6.07, 6.45) is 12.0. The molecule has 1 saturated heterocycles. The third-order valence-electron chi connectivity index (χ3n) is 8.52. The molecule has 2 aromatic heterocycles. The van der Waals surface area contributed by atoms with Gasteiger partial charge in [-0.1, -0.05) is 83.9 Å². The maximum absolute atomic E-state index is 12.5. The second-order valence-electron chi connectivity index (χ2n) is 12.5. The van der Waals surface area contributed by atoms with Crippen LogP contribution < -0.4 is 5.32 Å². The van der Waals surface area contributed by atoms with Crippen LogP contribution in [0.25, 0.3) is 0 Å². The van der Waals surface area contributed by atoms with Crippen molar-refractivity contribution in [2.45, 2.75) is 96.2 Å². The van der Waals surface area contributed by atoms with Crippen molar-refractivity contribution in [2.75, 3.05) is 13.1 Å². The molecule has 5 rings (SSSR count). The number of esters is 1. The monoisotopic (exact) mass is 654 g/mol. The summed E-state index contributed by atoms with van der Waals surface area (Å²) >= 11 is 0.